The maximum atomic E-state index is 11.4. The summed E-state index contributed by atoms with van der Waals surface area (Å²) in [5.74, 6) is 0.651. The number of halogens is 1. The third-order valence-electron chi connectivity index (χ3n) is 2.05. The molecule has 4 nitrogen and oxygen atoms in total. The van der Waals surface area contributed by atoms with Crippen molar-refractivity contribution in [3.63, 3.8) is 0 Å². The van der Waals surface area contributed by atoms with E-state index in [0.717, 1.165) is 0 Å². The van der Waals surface area contributed by atoms with Gasteiger partial charge in [0.1, 0.15) is 11.5 Å². The first kappa shape index (κ1) is 13.6. The molecule has 0 saturated carbocycles. The van der Waals surface area contributed by atoms with Gasteiger partial charge >= 0.3 is 5.97 Å². The number of hydrogen-bond acceptors (Lipinski definition) is 4. The molecule has 1 aromatic carbocycles. The molecule has 0 aromatic heterocycles. The quantitative estimate of drug-likeness (QED) is 0.762. The lowest BCUT2D eigenvalue weighted by Crippen LogP contribution is -2.26. The van der Waals surface area contributed by atoms with Crippen molar-refractivity contribution in [2.75, 3.05) is 13.7 Å². The van der Waals surface area contributed by atoms with Gasteiger partial charge in [0.2, 0.25) is 0 Å². The van der Waals surface area contributed by atoms with Crippen LogP contribution in [0.15, 0.2) is 18.2 Å². The standard InChI is InChI=1S/C12H15ClO4/c1-4-16-12(14)8(2)17-9-5-6-11(15-3)10(13)7-9/h5-8H,4H2,1-3H3. The summed E-state index contributed by atoms with van der Waals surface area (Å²) >= 11 is 5.93. The van der Waals surface area contributed by atoms with Crippen LogP contribution in [0.1, 0.15) is 13.8 Å². The maximum absolute atomic E-state index is 11.4. The van der Waals surface area contributed by atoms with Crippen molar-refractivity contribution >= 4 is 17.6 Å². The molecule has 5 heteroatoms. The van der Waals surface area contributed by atoms with Gasteiger partial charge in [-0.2, -0.15) is 0 Å². The lowest BCUT2D eigenvalue weighted by molar-refractivity contribution is -0.150. The molecule has 0 aliphatic rings. The fourth-order valence-electron chi connectivity index (χ4n) is 1.23. The summed E-state index contributed by atoms with van der Waals surface area (Å²) in [5.41, 5.74) is 0. The predicted molar refractivity (Wildman–Crippen MR) is 64.7 cm³/mol. The molecule has 1 atom stereocenters. The van der Waals surface area contributed by atoms with E-state index in [9.17, 15) is 4.79 Å². The van der Waals surface area contributed by atoms with Gasteiger partial charge in [0, 0.05) is 6.07 Å². The van der Waals surface area contributed by atoms with Gasteiger partial charge in [-0.3, -0.25) is 0 Å². The smallest absolute Gasteiger partial charge is 0.347 e. The van der Waals surface area contributed by atoms with Gasteiger partial charge in [-0.25, -0.2) is 4.79 Å². The molecule has 0 aliphatic heterocycles. The summed E-state index contributed by atoms with van der Waals surface area (Å²) in [6, 6.07) is 4.95. The van der Waals surface area contributed by atoms with Crippen LogP contribution in [0.4, 0.5) is 0 Å². The highest BCUT2D eigenvalue weighted by Gasteiger charge is 2.16. The minimum absolute atomic E-state index is 0.329. The number of esters is 1. The Kier molecular flexibility index (Phi) is 5.10. The van der Waals surface area contributed by atoms with E-state index >= 15 is 0 Å². The molecular weight excluding hydrogens is 244 g/mol. The van der Waals surface area contributed by atoms with Gasteiger partial charge in [0.15, 0.2) is 6.10 Å². The molecule has 0 N–H and O–H groups in total. The van der Waals surface area contributed by atoms with Crippen molar-refractivity contribution < 1.29 is 19.0 Å². The Labute approximate surface area is 105 Å². The summed E-state index contributed by atoms with van der Waals surface area (Å²) < 4.78 is 15.2. The molecule has 1 rings (SSSR count). The van der Waals surface area contributed by atoms with Crippen LogP contribution in [0.5, 0.6) is 11.5 Å². The van der Waals surface area contributed by atoms with E-state index in [1.54, 1.807) is 32.0 Å². The Hall–Kier alpha value is -1.42. The first-order chi connectivity index (χ1) is 8.08. The monoisotopic (exact) mass is 258 g/mol. The van der Waals surface area contributed by atoms with E-state index in [-0.39, 0.29) is 0 Å². The molecule has 1 aromatic rings. The fraction of sp³-hybridized carbons (Fsp3) is 0.417. The second kappa shape index (κ2) is 6.35. The maximum Gasteiger partial charge on any atom is 0.347 e. The first-order valence-corrected chi connectivity index (χ1v) is 5.63. The number of carbonyl (C=O) groups is 1. The molecule has 0 radical (unpaired) electrons. The van der Waals surface area contributed by atoms with Crippen molar-refractivity contribution in [1.82, 2.24) is 0 Å². The van der Waals surface area contributed by atoms with E-state index in [0.29, 0.717) is 23.1 Å². The van der Waals surface area contributed by atoms with Crippen LogP contribution in [-0.4, -0.2) is 25.8 Å². The number of benzene rings is 1. The fourth-order valence-corrected chi connectivity index (χ4v) is 1.48. The largest absolute Gasteiger partial charge is 0.495 e. The predicted octanol–water partition coefficient (Wildman–Crippen LogP) is 2.68. The summed E-state index contributed by atoms with van der Waals surface area (Å²) in [5, 5.41) is 0.432. The first-order valence-electron chi connectivity index (χ1n) is 5.25. The Morgan fingerprint density at radius 1 is 1.47 bits per heavy atom. The number of rotatable bonds is 5. The molecule has 0 aliphatic carbocycles. The summed E-state index contributed by atoms with van der Waals surface area (Å²) in [4.78, 5) is 11.4. The minimum atomic E-state index is -0.667. The Balaban J connectivity index is 2.68. The van der Waals surface area contributed by atoms with E-state index in [2.05, 4.69) is 0 Å². The van der Waals surface area contributed by atoms with Crippen LogP contribution >= 0.6 is 11.6 Å². The second-order valence-corrected chi connectivity index (χ2v) is 3.72. The highest BCUT2D eigenvalue weighted by atomic mass is 35.5. The van der Waals surface area contributed by atoms with Gasteiger partial charge in [-0.15, -0.1) is 0 Å². The Bertz CT molecular complexity index is 392. The average molecular weight is 259 g/mol. The number of carbonyl (C=O) groups excluding carboxylic acids is 1. The SMILES string of the molecule is CCOC(=O)C(C)Oc1ccc(OC)c(Cl)c1. The molecule has 0 spiro atoms. The molecular formula is C12H15ClO4. The lowest BCUT2D eigenvalue weighted by atomic mass is 10.3. The van der Waals surface area contributed by atoms with E-state index in [1.807, 2.05) is 0 Å². The molecule has 94 valence electrons. The van der Waals surface area contributed by atoms with Gasteiger partial charge in [-0.1, -0.05) is 11.6 Å². The number of ether oxygens (including phenoxy) is 3. The molecule has 0 amide bonds. The van der Waals surface area contributed by atoms with E-state index < -0.39 is 12.1 Å². The topological polar surface area (TPSA) is 44.8 Å². The average Bonchev–Trinajstić information content (AvgIpc) is 2.29. The zero-order valence-electron chi connectivity index (χ0n) is 10.0. The van der Waals surface area contributed by atoms with Crippen molar-refractivity contribution in [2.45, 2.75) is 20.0 Å². The molecule has 0 heterocycles. The van der Waals surface area contributed by atoms with Gasteiger partial charge in [0.05, 0.1) is 18.7 Å². The number of methoxy groups -OCH3 is 1. The molecule has 0 saturated heterocycles. The van der Waals surface area contributed by atoms with Crippen LogP contribution in [0.2, 0.25) is 5.02 Å². The molecule has 0 bridgehead atoms. The molecule has 17 heavy (non-hydrogen) atoms. The third-order valence-corrected chi connectivity index (χ3v) is 2.35. The van der Waals surface area contributed by atoms with Crippen molar-refractivity contribution in [3.8, 4) is 11.5 Å². The van der Waals surface area contributed by atoms with Crippen LogP contribution in [0, 0.1) is 0 Å². The van der Waals surface area contributed by atoms with E-state index in [1.165, 1.54) is 7.11 Å². The highest BCUT2D eigenvalue weighted by molar-refractivity contribution is 6.32. The minimum Gasteiger partial charge on any atom is -0.495 e. The van der Waals surface area contributed by atoms with Gasteiger partial charge in [0.25, 0.3) is 0 Å². The van der Waals surface area contributed by atoms with Gasteiger partial charge < -0.3 is 14.2 Å². The van der Waals surface area contributed by atoms with E-state index in [4.69, 9.17) is 25.8 Å². The lowest BCUT2D eigenvalue weighted by Gasteiger charge is -2.14. The van der Waals surface area contributed by atoms with Crippen molar-refractivity contribution in [2.24, 2.45) is 0 Å². The van der Waals surface area contributed by atoms with Crippen LogP contribution in [-0.2, 0) is 9.53 Å². The summed E-state index contributed by atoms with van der Waals surface area (Å²) in [6.07, 6.45) is -0.667. The zero-order valence-corrected chi connectivity index (χ0v) is 10.8. The molecule has 0 fully saturated rings. The van der Waals surface area contributed by atoms with Crippen LogP contribution in [0.25, 0.3) is 0 Å². The highest BCUT2D eigenvalue weighted by Crippen LogP contribution is 2.28. The molecule has 1 unspecified atom stereocenters. The Morgan fingerprint density at radius 3 is 2.71 bits per heavy atom. The zero-order chi connectivity index (χ0) is 12.8. The summed E-state index contributed by atoms with van der Waals surface area (Å²) in [6.45, 7) is 3.70. The Morgan fingerprint density at radius 2 is 2.18 bits per heavy atom. The van der Waals surface area contributed by atoms with Crippen molar-refractivity contribution in [3.05, 3.63) is 23.2 Å². The second-order valence-electron chi connectivity index (χ2n) is 3.31. The summed E-state index contributed by atoms with van der Waals surface area (Å²) in [7, 11) is 1.53. The van der Waals surface area contributed by atoms with Crippen molar-refractivity contribution in [1.29, 1.82) is 0 Å². The third kappa shape index (κ3) is 3.82. The van der Waals surface area contributed by atoms with Crippen LogP contribution < -0.4 is 9.47 Å². The van der Waals surface area contributed by atoms with Gasteiger partial charge in [-0.05, 0) is 26.0 Å². The van der Waals surface area contributed by atoms with Crippen LogP contribution in [0.3, 0.4) is 0 Å². The normalized spacial score (nSPS) is 11.8. The number of hydrogen-bond donors (Lipinski definition) is 0.